The van der Waals surface area contributed by atoms with Crippen molar-refractivity contribution in [1.82, 2.24) is 4.90 Å². The molecule has 0 saturated heterocycles. The molecule has 2 atom stereocenters. The third-order valence-corrected chi connectivity index (χ3v) is 13.2. The summed E-state index contributed by atoms with van der Waals surface area (Å²) in [5.41, 5.74) is 0. The lowest BCUT2D eigenvalue weighted by Crippen LogP contribution is -2.31. The SMILES string of the molecule is CCCCCC=CCC=CCCCCCCCCCCOC(COCCCCCCCCC=CCC=CCCCCC)COCC(CCN(C)C)OCCCCCCCCC=CCC=CCCCCC. The molecule has 0 aliphatic heterocycles. The highest BCUT2D eigenvalue weighted by Gasteiger charge is 2.15. The van der Waals surface area contributed by atoms with Gasteiger partial charge in [0.2, 0.25) is 0 Å². The van der Waals surface area contributed by atoms with E-state index in [-0.39, 0.29) is 12.2 Å². The highest BCUT2D eigenvalue weighted by Crippen LogP contribution is 2.14. The Morgan fingerprint density at radius 1 is 0.300 bits per heavy atom. The van der Waals surface area contributed by atoms with Crippen LogP contribution in [-0.2, 0) is 18.9 Å². The minimum absolute atomic E-state index is 0.0254. The first kappa shape index (κ1) is 68.2. The van der Waals surface area contributed by atoms with Crippen LogP contribution in [0.5, 0.6) is 0 Å². The van der Waals surface area contributed by atoms with Crippen LogP contribution in [0.2, 0.25) is 0 Å². The Balaban J connectivity index is 4.52. The van der Waals surface area contributed by atoms with E-state index in [4.69, 9.17) is 18.9 Å². The summed E-state index contributed by atoms with van der Waals surface area (Å²) in [5, 5.41) is 0. The average Bonchev–Trinajstić information content (AvgIpc) is 3.36. The molecule has 0 rings (SSSR count). The molecular weight excluding hydrogens is 859 g/mol. The molecule has 5 heteroatoms. The standard InChI is InChI=1S/C65H121NO4/c1-6-9-12-15-18-21-24-27-30-33-34-37-40-43-46-49-52-55-60-70-65(62-67-58-53-50-47-44-41-38-35-31-28-25-22-19-16-13-10-7-2)63-68-61-64(56-57-66(4)5)69-59-54-51-48-45-42-39-36-32-29-26-23-20-17-14-11-8-3/h18-23,27-32,64-65H,6-17,24-26,33-63H2,1-5H3. The number of hydrogen-bond donors (Lipinski definition) is 0. The van der Waals surface area contributed by atoms with Crippen LogP contribution < -0.4 is 0 Å². The van der Waals surface area contributed by atoms with Crippen LogP contribution in [0, 0.1) is 0 Å². The molecule has 0 aromatic heterocycles. The fourth-order valence-corrected chi connectivity index (χ4v) is 8.53. The summed E-state index contributed by atoms with van der Waals surface area (Å²) in [5.74, 6) is 0. The molecule has 410 valence electrons. The summed E-state index contributed by atoms with van der Waals surface area (Å²) >= 11 is 0. The molecule has 0 aromatic rings. The molecule has 0 N–H and O–H groups in total. The van der Waals surface area contributed by atoms with Crippen molar-refractivity contribution in [2.24, 2.45) is 0 Å². The number of unbranched alkanes of at least 4 members (excludes halogenated alkanes) is 29. The molecule has 70 heavy (non-hydrogen) atoms. The van der Waals surface area contributed by atoms with Gasteiger partial charge in [0, 0.05) is 26.4 Å². The second-order valence-electron chi connectivity index (χ2n) is 20.6. The summed E-state index contributed by atoms with van der Waals surface area (Å²) in [6, 6.07) is 0. The molecule has 0 radical (unpaired) electrons. The monoisotopic (exact) mass is 980 g/mol. The van der Waals surface area contributed by atoms with Gasteiger partial charge in [-0.2, -0.15) is 0 Å². The Hall–Kier alpha value is -1.76. The smallest absolute Gasteiger partial charge is 0.104 e. The average molecular weight is 981 g/mol. The fourth-order valence-electron chi connectivity index (χ4n) is 8.53. The molecule has 0 aromatic carbocycles. The van der Waals surface area contributed by atoms with E-state index in [0.717, 1.165) is 71.3 Å². The van der Waals surface area contributed by atoms with E-state index in [0.29, 0.717) is 19.8 Å². The first-order chi connectivity index (χ1) is 34.6. The predicted octanol–water partition coefficient (Wildman–Crippen LogP) is 20.0. The normalized spacial score (nSPS) is 13.5. The lowest BCUT2D eigenvalue weighted by molar-refractivity contribution is -0.0836. The highest BCUT2D eigenvalue weighted by molar-refractivity contribution is 4.94. The molecule has 0 heterocycles. The van der Waals surface area contributed by atoms with Gasteiger partial charge in [-0.3, -0.25) is 0 Å². The molecule has 0 bridgehead atoms. The van der Waals surface area contributed by atoms with Crippen LogP contribution in [0.1, 0.15) is 271 Å². The van der Waals surface area contributed by atoms with Gasteiger partial charge < -0.3 is 23.8 Å². The van der Waals surface area contributed by atoms with Crippen LogP contribution in [0.4, 0.5) is 0 Å². The largest absolute Gasteiger partial charge is 0.379 e. The van der Waals surface area contributed by atoms with Crippen molar-refractivity contribution >= 4 is 0 Å². The first-order valence-electron chi connectivity index (χ1n) is 30.6. The van der Waals surface area contributed by atoms with Crippen molar-refractivity contribution in [3.8, 4) is 0 Å². The minimum atomic E-state index is -0.0254. The highest BCUT2D eigenvalue weighted by atomic mass is 16.6. The molecule has 5 nitrogen and oxygen atoms in total. The van der Waals surface area contributed by atoms with Crippen molar-refractivity contribution in [3.05, 3.63) is 72.9 Å². The van der Waals surface area contributed by atoms with E-state index in [9.17, 15) is 0 Å². The van der Waals surface area contributed by atoms with E-state index >= 15 is 0 Å². The van der Waals surface area contributed by atoms with Crippen molar-refractivity contribution in [2.45, 2.75) is 283 Å². The molecule has 0 saturated carbocycles. The van der Waals surface area contributed by atoms with Gasteiger partial charge in [0.05, 0.1) is 25.9 Å². The van der Waals surface area contributed by atoms with Crippen LogP contribution in [-0.4, -0.2) is 77.4 Å². The number of hydrogen-bond acceptors (Lipinski definition) is 5. The van der Waals surface area contributed by atoms with Gasteiger partial charge in [0.15, 0.2) is 0 Å². The summed E-state index contributed by atoms with van der Waals surface area (Å²) < 4.78 is 25.5. The number of allylic oxidation sites excluding steroid dienone is 12. The molecule has 0 fully saturated rings. The van der Waals surface area contributed by atoms with Crippen LogP contribution in [0.25, 0.3) is 0 Å². The second kappa shape index (κ2) is 61.5. The molecule has 0 amide bonds. The Labute approximate surface area is 438 Å². The summed E-state index contributed by atoms with van der Waals surface area (Å²) in [6.45, 7) is 12.0. The lowest BCUT2D eigenvalue weighted by atomic mass is 10.1. The van der Waals surface area contributed by atoms with Gasteiger partial charge in [-0.05, 0) is 136 Å². The third kappa shape index (κ3) is 58.8. The van der Waals surface area contributed by atoms with E-state index in [1.165, 1.54) is 205 Å². The topological polar surface area (TPSA) is 40.2 Å². The fraction of sp³-hybridized carbons (Fsp3) is 0.815. The summed E-state index contributed by atoms with van der Waals surface area (Å²) in [7, 11) is 4.29. The van der Waals surface area contributed by atoms with Crippen molar-refractivity contribution in [3.63, 3.8) is 0 Å². The van der Waals surface area contributed by atoms with Crippen LogP contribution in [0.15, 0.2) is 72.9 Å². The van der Waals surface area contributed by atoms with E-state index in [1.54, 1.807) is 0 Å². The van der Waals surface area contributed by atoms with Gasteiger partial charge in [0.1, 0.15) is 6.10 Å². The number of nitrogens with zero attached hydrogens (tertiary/aromatic N) is 1. The molecule has 0 spiro atoms. The van der Waals surface area contributed by atoms with Gasteiger partial charge in [0.25, 0.3) is 0 Å². The Morgan fingerprint density at radius 3 is 0.943 bits per heavy atom. The Kier molecular flexibility index (Phi) is 60.0. The van der Waals surface area contributed by atoms with E-state index in [1.807, 2.05) is 0 Å². The molecule has 0 aliphatic rings. The zero-order valence-electron chi connectivity index (χ0n) is 47.7. The maximum absolute atomic E-state index is 6.46. The van der Waals surface area contributed by atoms with Crippen molar-refractivity contribution in [2.75, 3.05) is 60.3 Å². The maximum atomic E-state index is 6.46. The lowest BCUT2D eigenvalue weighted by Gasteiger charge is -2.23. The van der Waals surface area contributed by atoms with Gasteiger partial charge in [-0.1, -0.05) is 222 Å². The number of rotatable bonds is 58. The first-order valence-corrected chi connectivity index (χ1v) is 30.6. The predicted molar refractivity (Wildman–Crippen MR) is 312 cm³/mol. The maximum Gasteiger partial charge on any atom is 0.104 e. The van der Waals surface area contributed by atoms with Crippen LogP contribution in [0.3, 0.4) is 0 Å². The van der Waals surface area contributed by atoms with Gasteiger partial charge >= 0.3 is 0 Å². The summed E-state index contributed by atoms with van der Waals surface area (Å²) in [4.78, 5) is 2.25. The molecule has 0 aliphatic carbocycles. The Bertz CT molecular complexity index is 1160. The van der Waals surface area contributed by atoms with Crippen LogP contribution >= 0.6 is 0 Å². The number of ether oxygens (including phenoxy) is 4. The van der Waals surface area contributed by atoms with Crippen molar-refractivity contribution in [1.29, 1.82) is 0 Å². The zero-order chi connectivity index (χ0) is 50.6. The second-order valence-corrected chi connectivity index (χ2v) is 20.6. The van der Waals surface area contributed by atoms with E-state index in [2.05, 4.69) is 113 Å². The minimum Gasteiger partial charge on any atom is -0.379 e. The molecule has 2 unspecified atom stereocenters. The summed E-state index contributed by atoms with van der Waals surface area (Å²) in [6.07, 6.45) is 77.6. The Morgan fingerprint density at radius 2 is 0.586 bits per heavy atom. The van der Waals surface area contributed by atoms with Gasteiger partial charge in [-0.25, -0.2) is 0 Å². The quantitative estimate of drug-likeness (QED) is 0.0449. The third-order valence-electron chi connectivity index (χ3n) is 13.2. The molecular formula is C65H121NO4. The van der Waals surface area contributed by atoms with Gasteiger partial charge in [-0.15, -0.1) is 0 Å². The zero-order valence-corrected chi connectivity index (χ0v) is 47.7. The van der Waals surface area contributed by atoms with E-state index < -0.39 is 0 Å². The van der Waals surface area contributed by atoms with Crippen molar-refractivity contribution < 1.29 is 18.9 Å².